The van der Waals surface area contributed by atoms with Crippen LogP contribution >= 0.6 is 0 Å². The van der Waals surface area contributed by atoms with E-state index in [0.717, 1.165) is 5.56 Å². The molecule has 1 rings (SSSR count). The Labute approximate surface area is 86.5 Å². The Hall–Kier alpha value is -1.03. The van der Waals surface area contributed by atoms with Crippen molar-refractivity contribution in [2.45, 2.75) is 32.0 Å². The molecule has 0 spiro atoms. The van der Waals surface area contributed by atoms with E-state index >= 15 is 0 Å². The molecule has 0 bridgehead atoms. The number of aliphatic hydroxyl groups is 1. The van der Waals surface area contributed by atoms with Gasteiger partial charge in [0.25, 0.3) is 0 Å². The molecule has 0 radical (unpaired) electrons. The molecule has 0 amide bonds. The van der Waals surface area contributed by atoms with Crippen molar-refractivity contribution in [1.82, 2.24) is 0 Å². The summed E-state index contributed by atoms with van der Waals surface area (Å²) < 4.78 is 37.9. The van der Waals surface area contributed by atoms with Gasteiger partial charge in [-0.3, -0.25) is 0 Å². The van der Waals surface area contributed by atoms with Gasteiger partial charge in [-0.1, -0.05) is 36.8 Å². The maximum atomic E-state index is 12.6. The largest absolute Gasteiger partial charge is 0.421 e. The zero-order valence-electron chi connectivity index (χ0n) is 8.60. The van der Waals surface area contributed by atoms with Gasteiger partial charge in [0.2, 0.25) is 0 Å². The highest BCUT2D eigenvalue weighted by Crippen LogP contribution is 2.41. The van der Waals surface area contributed by atoms with Crippen LogP contribution in [0.25, 0.3) is 0 Å². The second-order valence-corrected chi connectivity index (χ2v) is 3.58. The smallest absolute Gasteiger partial charge is 0.376 e. The normalized spacial score (nSPS) is 16.1. The van der Waals surface area contributed by atoms with Gasteiger partial charge in [-0.05, 0) is 18.9 Å². The van der Waals surface area contributed by atoms with E-state index < -0.39 is 11.8 Å². The highest BCUT2D eigenvalue weighted by atomic mass is 19.4. The summed E-state index contributed by atoms with van der Waals surface area (Å²) in [5.41, 5.74) is -1.98. The summed E-state index contributed by atoms with van der Waals surface area (Å²) in [6.07, 6.45) is -5.03. The predicted octanol–water partition coefficient (Wildman–Crippen LogP) is 3.15. The molecule has 0 aliphatic carbocycles. The van der Waals surface area contributed by atoms with Gasteiger partial charge in [0.1, 0.15) is 0 Å². The average molecular weight is 218 g/mol. The highest BCUT2D eigenvalue weighted by Gasteiger charge is 2.53. The lowest BCUT2D eigenvalue weighted by Gasteiger charge is -2.29. The lowest BCUT2D eigenvalue weighted by molar-refractivity contribution is -0.267. The van der Waals surface area contributed by atoms with Gasteiger partial charge >= 0.3 is 6.18 Å². The van der Waals surface area contributed by atoms with E-state index in [4.69, 9.17) is 0 Å². The van der Waals surface area contributed by atoms with Crippen molar-refractivity contribution in [1.29, 1.82) is 0 Å². The molecule has 1 N–H and O–H groups in total. The van der Waals surface area contributed by atoms with Crippen LogP contribution in [0.2, 0.25) is 0 Å². The predicted molar refractivity (Wildman–Crippen MR) is 51.4 cm³/mol. The number of hydrogen-bond acceptors (Lipinski definition) is 1. The molecule has 1 aromatic rings. The summed E-state index contributed by atoms with van der Waals surface area (Å²) in [6, 6.07) is 5.74. The number of benzene rings is 1. The molecule has 0 saturated carbocycles. The standard InChI is InChI=1S/C11H13F3O/c1-3-10(15,11(12,13)14)9-6-4-8(2)5-7-9/h4-7,15H,3H2,1-2H3. The molecule has 0 aromatic heterocycles. The van der Waals surface area contributed by atoms with Gasteiger partial charge in [0, 0.05) is 0 Å². The first-order valence-electron chi connectivity index (χ1n) is 4.67. The van der Waals surface area contributed by atoms with Crippen LogP contribution < -0.4 is 0 Å². The fourth-order valence-electron chi connectivity index (χ4n) is 1.40. The Morgan fingerprint density at radius 1 is 1.13 bits per heavy atom. The van der Waals surface area contributed by atoms with Crippen LogP contribution in [0.5, 0.6) is 0 Å². The average Bonchev–Trinajstić information content (AvgIpc) is 2.16. The summed E-state index contributed by atoms with van der Waals surface area (Å²) >= 11 is 0. The van der Waals surface area contributed by atoms with Crippen molar-refractivity contribution in [3.05, 3.63) is 35.4 Å². The molecular formula is C11H13F3O. The molecule has 84 valence electrons. The van der Waals surface area contributed by atoms with Crippen molar-refractivity contribution in [2.24, 2.45) is 0 Å². The van der Waals surface area contributed by atoms with E-state index in [1.54, 1.807) is 19.1 Å². The van der Waals surface area contributed by atoms with Gasteiger partial charge in [0.15, 0.2) is 5.60 Å². The Balaban J connectivity index is 3.18. The van der Waals surface area contributed by atoms with E-state index in [1.165, 1.54) is 19.1 Å². The molecule has 1 unspecified atom stereocenters. The summed E-state index contributed by atoms with van der Waals surface area (Å²) in [5, 5.41) is 9.59. The van der Waals surface area contributed by atoms with Crippen LogP contribution in [-0.4, -0.2) is 11.3 Å². The minimum absolute atomic E-state index is 0.108. The maximum Gasteiger partial charge on any atom is 0.421 e. The SMILES string of the molecule is CCC(O)(c1ccc(C)cc1)C(F)(F)F. The molecule has 0 aliphatic rings. The lowest BCUT2D eigenvalue weighted by atomic mass is 9.90. The van der Waals surface area contributed by atoms with Gasteiger partial charge in [-0.25, -0.2) is 0 Å². The van der Waals surface area contributed by atoms with Gasteiger partial charge in [-0.15, -0.1) is 0 Å². The van der Waals surface area contributed by atoms with Gasteiger partial charge in [0.05, 0.1) is 0 Å². The highest BCUT2D eigenvalue weighted by molar-refractivity contribution is 5.27. The molecule has 4 heteroatoms. The zero-order valence-corrected chi connectivity index (χ0v) is 8.60. The Bertz CT molecular complexity index is 329. The Kier molecular flexibility index (Phi) is 3.09. The number of rotatable bonds is 2. The van der Waals surface area contributed by atoms with E-state index in [2.05, 4.69) is 0 Å². The van der Waals surface area contributed by atoms with Crippen LogP contribution in [0.3, 0.4) is 0 Å². The number of hydrogen-bond donors (Lipinski definition) is 1. The second-order valence-electron chi connectivity index (χ2n) is 3.58. The Morgan fingerprint density at radius 2 is 1.60 bits per heavy atom. The first kappa shape index (κ1) is 12.0. The second kappa shape index (κ2) is 3.85. The number of aryl methyl sites for hydroxylation is 1. The van der Waals surface area contributed by atoms with Crippen molar-refractivity contribution < 1.29 is 18.3 Å². The third-order valence-corrected chi connectivity index (χ3v) is 2.51. The molecule has 0 aliphatic heterocycles. The van der Waals surface area contributed by atoms with E-state index in [-0.39, 0.29) is 12.0 Å². The van der Waals surface area contributed by atoms with Crippen LogP contribution in [0.1, 0.15) is 24.5 Å². The van der Waals surface area contributed by atoms with Crippen LogP contribution in [0, 0.1) is 6.92 Å². The first-order valence-corrected chi connectivity index (χ1v) is 4.67. The zero-order chi connectivity index (χ0) is 11.7. The quantitative estimate of drug-likeness (QED) is 0.808. The molecule has 1 aromatic carbocycles. The summed E-state index contributed by atoms with van der Waals surface area (Å²) in [6.45, 7) is 3.09. The molecule has 1 atom stereocenters. The number of alkyl halides is 3. The third kappa shape index (κ3) is 2.15. The molecule has 0 fully saturated rings. The molecule has 0 saturated heterocycles. The van der Waals surface area contributed by atoms with E-state index in [0.29, 0.717) is 0 Å². The first-order chi connectivity index (χ1) is 6.81. The van der Waals surface area contributed by atoms with Gasteiger partial charge < -0.3 is 5.11 Å². The van der Waals surface area contributed by atoms with E-state index in [9.17, 15) is 18.3 Å². The van der Waals surface area contributed by atoms with Gasteiger partial charge in [-0.2, -0.15) is 13.2 Å². The van der Waals surface area contributed by atoms with Crippen LogP contribution in [0.4, 0.5) is 13.2 Å². The maximum absolute atomic E-state index is 12.6. The van der Waals surface area contributed by atoms with E-state index in [1.807, 2.05) is 0 Å². The molecule has 0 heterocycles. The minimum atomic E-state index is -4.64. The van der Waals surface area contributed by atoms with Crippen molar-refractivity contribution in [2.75, 3.05) is 0 Å². The summed E-state index contributed by atoms with van der Waals surface area (Å²) in [4.78, 5) is 0. The van der Waals surface area contributed by atoms with Crippen molar-refractivity contribution in [3.63, 3.8) is 0 Å². The molecule has 15 heavy (non-hydrogen) atoms. The van der Waals surface area contributed by atoms with Crippen molar-refractivity contribution in [3.8, 4) is 0 Å². The Morgan fingerprint density at radius 3 is 1.93 bits per heavy atom. The monoisotopic (exact) mass is 218 g/mol. The minimum Gasteiger partial charge on any atom is -0.376 e. The lowest BCUT2D eigenvalue weighted by Crippen LogP contribution is -2.41. The summed E-state index contributed by atoms with van der Waals surface area (Å²) in [7, 11) is 0. The van der Waals surface area contributed by atoms with Crippen LogP contribution in [-0.2, 0) is 5.60 Å². The molecular weight excluding hydrogens is 205 g/mol. The van der Waals surface area contributed by atoms with Crippen molar-refractivity contribution >= 4 is 0 Å². The molecule has 1 nitrogen and oxygen atoms in total. The summed E-state index contributed by atoms with van der Waals surface area (Å²) in [5.74, 6) is 0. The fourth-order valence-corrected chi connectivity index (χ4v) is 1.40. The number of halogens is 3. The van der Waals surface area contributed by atoms with Crippen LogP contribution in [0.15, 0.2) is 24.3 Å². The topological polar surface area (TPSA) is 20.2 Å². The fraction of sp³-hybridized carbons (Fsp3) is 0.455. The third-order valence-electron chi connectivity index (χ3n) is 2.51.